The molecule has 5 heteroatoms. The number of benzene rings is 6. The van der Waals surface area contributed by atoms with Crippen LogP contribution in [0.1, 0.15) is 63.5 Å². The molecule has 0 saturated carbocycles. The maximum atomic E-state index is 12.1. The van der Waals surface area contributed by atoms with Gasteiger partial charge in [0.2, 0.25) is 0 Å². The Bertz CT molecular complexity index is 2350. The SMILES string of the molecule is C=CC(=O)Oc1ccc(-c2cc3sc4cc(-c5ccc(OC(=O)C=C)cc5C(C)CC)c5ccccc5c4c3c3ccccc23)c(C(C)CC)c1. The van der Waals surface area contributed by atoms with E-state index in [1.54, 1.807) is 0 Å². The molecule has 254 valence electrons. The minimum atomic E-state index is -0.468. The van der Waals surface area contributed by atoms with E-state index in [1.807, 2.05) is 35.6 Å². The Hall–Kier alpha value is -5.52. The first kappa shape index (κ1) is 34.0. The molecule has 1 aromatic heterocycles. The molecule has 4 nitrogen and oxygen atoms in total. The van der Waals surface area contributed by atoms with Crippen molar-refractivity contribution in [2.45, 2.75) is 52.4 Å². The van der Waals surface area contributed by atoms with Crippen LogP contribution in [0.4, 0.5) is 0 Å². The van der Waals surface area contributed by atoms with Gasteiger partial charge in [-0.15, -0.1) is 11.3 Å². The van der Waals surface area contributed by atoms with Gasteiger partial charge in [-0.1, -0.05) is 102 Å². The number of ether oxygens (including phenoxy) is 2. The van der Waals surface area contributed by atoms with E-state index in [-0.39, 0.29) is 11.8 Å². The fourth-order valence-corrected chi connectivity index (χ4v) is 8.43. The molecule has 1 heterocycles. The first-order chi connectivity index (χ1) is 24.8. The van der Waals surface area contributed by atoms with E-state index in [4.69, 9.17) is 9.47 Å². The Balaban J connectivity index is 1.50. The van der Waals surface area contributed by atoms with Crippen molar-refractivity contribution in [3.63, 3.8) is 0 Å². The molecule has 2 atom stereocenters. The molecular formula is C46H40O4S. The number of hydrogen-bond acceptors (Lipinski definition) is 5. The van der Waals surface area contributed by atoms with Crippen LogP contribution in [0, 0.1) is 0 Å². The lowest BCUT2D eigenvalue weighted by Gasteiger charge is -2.19. The summed E-state index contributed by atoms with van der Waals surface area (Å²) < 4.78 is 13.5. The van der Waals surface area contributed by atoms with Crippen LogP contribution in [0.3, 0.4) is 0 Å². The van der Waals surface area contributed by atoms with E-state index in [2.05, 4.69) is 114 Å². The number of hydrogen-bond donors (Lipinski definition) is 0. The summed E-state index contributed by atoms with van der Waals surface area (Å²) in [6.07, 6.45) is 4.27. The van der Waals surface area contributed by atoms with Gasteiger partial charge in [-0.2, -0.15) is 0 Å². The van der Waals surface area contributed by atoms with Gasteiger partial charge in [-0.25, -0.2) is 9.59 Å². The van der Waals surface area contributed by atoms with Crippen molar-refractivity contribution in [1.82, 2.24) is 0 Å². The van der Waals surface area contributed by atoms with Crippen LogP contribution in [0.15, 0.2) is 122 Å². The number of rotatable bonds is 10. The van der Waals surface area contributed by atoms with Crippen LogP contribution in [-0.4, -0.2) is 11.9 Å². The van der Waals surface area contributed by atoms with Crippen LogP contribution in [0.5, 0.6) is 11.5 Å². The van der Waals surface area contributed by atoms with Crippen molar-refractivity contribution in [2.24, 2.45) is 0 Å². The summed E-state index contributed by atoms with van der Waals surface area (Å²) in [6, 6.07) is 34.0. The highest BCUT2D eigenvalue weighted by Crippen LogP contribution is 2.49. The van der Waals surface area contributed by atoms with E-state index in [9.17, 15) is 9.59 Å². The molecule has 0 saturated heterocycles. The minimum absolute atomic E-state index is 0.247. The monoisotopic (exact) mass is 688 g/mol. The topological polar surface area (TPSA) is 52.6 Å². The van der Waals surface area contributed by atoms with Crippen molar-refractivity contribution in [3.8, 4) is 33.8 Å². The Labute approximate surface area is 302 Å². The number of carbonyl (C=O) groups excluding carboxylic acids is 2. The van der Waals surface area contributed by atoms with Gasteiger partial charge in [0.05, 0.1) is 0 Å². The molecule has 0 spiro atoms. The molecule has 0 N–H and O–H groups in total. The third kappa shape index (κ3) is 6.12. The summed E-state index contributed by atoms with van der Waals surface area (Å²) in [5, 5.41) is 7.30. The lowest BCUT2D eigenvalue weighted by atomic mass is 9.86. The third-order valence-electron chi connectivity index (χ3n) is 10.2. The Morgan fingerprint density at radius 3 is 1.35 bits per heavy atom. The van der Waals surface area contributed by atoms with Gasteiger partial charge in [-0.3, -0.25) is 0 Å². The van der Waals surface area contributed by atoms with Crippen LogP contribution >= 0.6 is 11.3 Å². The first-order valence-electron chi connectivity index (χ1n) is 17.5. The highest BCUT2D eigenvalue weighted by atomic mass is 32.1. The zero-order valence-corrected chi connectivity index (χ0v) is 30.2. The molecule has 0 fully saturated rings. The molecule has 0 aliphatic heterocycles. The molecule has 7 aromatic rings. The molecule has 0 aliphatic rings. The number of thiophene rings is 1. The Morgan fingerprint density at radius 2 is 0.980 bits per heavy atom. The Morgan fingerprint density at radius 1 is 0.588 bits per heavy atom. The first-order valence-corrected chi connectivity index (χ1v) is 18.3. The van der Waals surface area contributed by atoms with Gasteiger partial charge in [0, 0.05) is 32.3 Å². The second-order valence-corrected chi connectivity index (χ2v) is 14.2. The van der Waals surface area contributed by atoms with Crippen molar-refractivity contribution in [2.75, 3.05) is 0 Å². The molecule has 2 unspecified atom stereocenters. The summed E-state index contributed by atoms with van der Waals surface area (Å²) in [4.78, 5) is 24.1. The van der Waals surface area contributed by atoms with Crippen molar-refractivity contribution >= 4 is 65.0 Å². The highest BCUT2D eigenvalue weighted by molar-refractivity contribution is 7.26. The van der Waals surface area contributed by atoms with Gasteiger partial charge in [-0.05, 0) is 116 Å². The number of carbonyl (C=O) groups is 2. The van der Waals surface area contributed by atoms with Crippen LogP contribution < -0.4 is 9.47 Å². The lowest BCUT2D eigenvalue weighted by Crippen LogP contribution is -2.04. The smallest absolute Gasteiger partial charge is 0.335 e. The third-order valence-corrected chi connectivity index (χ3v) is 11.3. The minimum Gasteiger partial charge on any atom is -0.423 e. The van der Waals surface area contributed by atoms with E-state index >= 15 is 0 Å². The van der Waals surface area contributed by atoms with Crippen LogP contribution in [-0.2, 0) is 9.59 Å². The number of fused-ring (bicyclic) bond motifs is 7. The normalized spacial score (nSPS) is 12.6. The van der Waals surface area contributed by atoms with E-state index < -0.39 is 11.9 Å². The zero-order valence-electron chi connectivity index (χ0n) is 29.4. The highest BCUT2D eigenvalue weighted by Gasteiger charge is 2.22. The van der Waals surface area contributed by atoms with Gasteiger partial charge in [0.25, 0.3) is 0 Å². The summed E-state index contributed by atoms with van der Waals surface area (Å²) >= 11 is 1.82. The zero-order chi connectivity index (χ0) is 35.8. The summed E-state index contributed by atoms with van der Waals surface area (Å²) in [5.74, 6) is 0.604. The van der Waals surface area contributed by atoms with Crippen molar-refractivity contribution in [1.29, 1.82) is 0 Å². The van der Waals surface area contributed by atoms with Gasteiger partial charge >= 0.3 is 11.9 Å². The second-order valence-electron chi connectivity index (χ2n) is 13.2. The second kappa shape index (κ2) is 14.0. The molecule has 0 aliphatic carbocycles. The quantitative estimate of drug-likeness (QED) is 0.0815. The predicted octanol–water partition coefficient (Wildman–Crippen LogP) is 12.9. The van der Waals surface area contributed by atoms with E-state index in [0.717, 1.165) is 46.2 Å². The molecule has 0 bridgehead atoms. The maximum absolute atomic E-state index is 12.1. The van der Waals surface area contributed by atoms with Gasteiger partial charge < -0.3 is 9.47 Å². The van der Waals surface area contributed by atoms with E-state index in [1.165, 1.54) is 53.9 Å². The van der Waals surface area contributed by atoms with Crippen LogP contribution in [0.25, 0.3) is 64.0 Å². The molecule has 6 aromatic carbocycles. The van der Waals surface area contributed by atoms with E-state index in [0.29, 0.717) is 11.5 Å². The van der Waals surface area contributed by atoms with Gasteiger partial charge in [0.15, 0.2) is 0 Å². The molecule has 51 heavy (non-hydrogen) atoms. The summed E-state index contributed by atoms with van der Waals surface area (Å²) in [6.45, 7) is 15.9. The lowest BCUT2D eigenvalue weighted by molar-refractivity contribution is -0.129. The number of esters is 2. The summed E-state index contributed by atoms with van der Waals surface area (Å²) in [7, 11) is 0. The standard InChI is InChI=1S/C46H40O4S/c1-7-27(5)37-23-29(49-43(47)9-3)19-21-33(37)39-25-41-45(35-17-13-11-15-31(35)39)46-36-18-14-12-16-32(36)40(26-42(46)51-41)34-22-20-30(50-44(48)10-4)24-38(34)28(6)8-2/h9-28H,3-4,7-8H2,1-2,5-6H3. The van der Waals surface area contributed by atoms with Crippen LogP contribution in [0.2, 0.25) is 0 Å². The molecule has 0 amide bonds. The maximum Gasteiger partial charge on any atom is 0.335 e. The average Bonchev–Trinajstić information content (AvgIpc) is 3.55. The molecule has 0 radical (unpaired) electrons. The average molecular weight is 689 g/mol. The molecule has 7 rings (SSSR count). The predicted molar refractivity (Wildman–Crippen MR) is 214 cm³/mol. The van der Waals surface area contributed by atoms with Crippen molar-refractivity contribution < 1.29 is 19.1 Å². The van der Waals surface area contributed by atoms with Crippen molar-refractivity contribution in [3.05, 3.63) is 133 Å². The summed E-state index contributed by atoms with van der Waals surface area (Å²) in [5.41, 5.74) is 6.89. The van der Waals surface area contributed by atoms with Gasteiger partial charge in [0.1, 0.15) is 11.5 Å². The Kier molecular flexibility index (Phi) is 9.33. The fourth-order valence-electron chi connectivity index (χ4n) is 7.21. The fraction of sp³-hybridized carbons (Fsp3) is 0.174. The molecular weight excluding hydrogens is 649 g/mol. The largest absolute Gasteiger partial charge is 0.423 e.